The maximum atomic E-state index is 11.4. The number of nitrogens with zero attached hydrogens (tertiary/aromatic N) is 1. The molecule has 10 heteroatoms. The predicted molar refractivity (Wildman–Crippen MR) is 63.9 cm³/mol. The third kappa shape index (κ3) is 4.35. The Morgan fingerprint density at radius 3 is 2.63 bits per heavy atom. The molecule has 3 amide bonds. The van der Waals surface area contributed by atoms with Gasteiger partial charge in [0.2, 0.25) is 0 Å². The van der Waals surface area contributed by atoms with Gasteiger partial charge in [-0.05, 0) is 6.07 Å². The lowest BCUT2D eigenvalue weighted by atomic mass is 10.5. The van der Waals surface area contributed by atoms with Gasteiger partial charge in [-0.15, -0.1) is 0 Å². The molecular formula is C9H9N3O6S. The number of thiophene rings is 1. The predicted octanol–water partition coefficient (Wildman–Crippen LogP) is 0.269. The first-order chi connectivity index (χ1) is 8.93. The van der Waals surface area contributed by atoms with Crippen molar-refractivity contribution in [1.82, 2.24) is 10.6 Å². The third-order valence-electron chi connectivity index (χ3n) is 1.79. The van der Waals surface area contributed by atoms with Crippen molar-refractivity contribution in [2.45, 2.75) is 0 Å². The van der Waals surface area contributed by atoms with Crippen molar-refractivity contribution in [2.75, 3.05) is 13.7 Å². The fraction of sp³-hybridized carbons (Fsp3) is 0.222. The van der Waals surface area contributed by atoms with Crippen LogP contribution in [0.25, 0.3) is 0 Å². The van der Waals surface area contributed by atoms with Crippen LogP contribution in [0.3, 0.4) is 0 Å². The van der Waals surface area contributed by atoms with E-state index in [1.165, 1.54) is 13.1 Å². The van der Waals surface area contributed by atoms with E-state index in [2.05, 4.69) is 10.1 Å². The van der Waals surface area contributed by atoms with Gasteiger partial charge in [-0.3, -0.25) is 20.2 Å². The Hall–Kier alpha value is -2.49. The number of rotatable bonds is 4. The lowest BCUT2D eigenvalue weighted by molar-refractivity contribution is -0.380. The van der Waals surface area contributed by atoms with Crippen LogP contribution in [0.2, 0.25) is 0 Å². The van der Waals surface area contributed by atoms with E-state index in [9.17, 15) is 24.5 Å². The van der Waals surface area contributed by atoms with Gasteiger partial charge in [0.1, 0.15) is 4.88 Å². The van der Waals surface area contributed by atoms with Gasteiger partial charge >= 0.3 is 17.0 Å². The van der Waals surface area contributed by atoms with E-state index < -0.39 is 29.4 Å². The normalized spacial score (nSPS) is 9.53. The molecule has 0 radical (unpaired) electrons. The molecule has 0 saturated carbocycles. The first kappa shape index (κ1) is 14.6. The van der Waals surface area contributed by atoms with Gasteiger partial charge in [0.05, 0.1) is 4.92 Å². The molecule has 1 aromatic rings. The molecule has 1 aromatic heterocycles. The number of amides is 3. The smallest absolute Gasteiger partial charge is 0.349 e. The average molecular weight is 287 g/mol. The Labute approximate surface area is 110 Å². The Balaban J connectivity index is 2.48. The zero-order valence-corrected chi connectivity index (χ0v) is 10.5. The monoisotopic (exact) mass is 287 g/mol. The van der Waals surface area contributed by atoms with Crippen LogP contribution in [-0.2, 0) is 9.53 Å². The second-order valence-electron chi connectivity index (χ2n) is 3.10. The van der Waals surface area contributed by atoms with Gasteiger partial charge in [0.15, 0.2) is 6.61 Å². The summed E-state index contributed by atoms with van der Waals surface area (Å²) in [7, 11) is 1.32. The van der Waals surface area contributed by atoms with Crippen LogP contribution in [0.15, 0.2) is 12.1 Å². The molecule has 0 bridgehead atoms. The number of ether oxygens (including phenoxy) is 1. The fourth-order valence-electron chi connectivity index (χ4n) is 0.963. The summed E-state index contributed by atoms with van der Waals surface area (Å²) in [6.07, 6.45) is 0. The van der Waals surface area contributed by atoms with Crippen molar-refractivity contribution in [3.05, 3.63) is 27.1 Å². The number of hydrogen-bond donors (Lipinski definition) is 2. The number of imide groups is 1. The van der Waals surface area contributed by atoms with E-state index in [1.54, 1.807) is 0 Å². The largest absolute Gasteiger partial charge is 0.451 e. The summed E-state index contributed by atoms with van der Waals surface area (Å²) in [5.41, 5.74) is 0. The molecule has 2 N–H and O–H groups in total. The van der Waals surface area contributed by atoms with Gasteiger partial charge in [0.25, 0.3) is 5.91 Å². The molecule has 102 valence electrons. The quantitative estimate of drug-likeness (QED) is 0.464. The molecule has 0 atom stereocenters. The van der Waals surface area contributed by atoms with E-state index in [4.69, 9.17) is 0 Å². The number of urea groups is 1. The summed E-state index contributed by atoms with van der Waals surface area (Å²) in [4.78, 5) is 43.1. The second kappa shape index (κ2) is 6.44. The topological polar surface area (TPSA) is 128 Å². The first-order valence-corrected chi connectivity index (χ1v) is 5.68. The second-order valence-corrected chi connectivity index (χ2v) is 4.16. The number of nitrogens with one attached hydrogen (secondary N) is 2. The molecule has 1 rings (SSSR count). The van der Waals surface area contributed by atoms with Gasteiger partial charge in [-0.25, -0.2) is 9.59 Å². The lowest BCUT2D eigenvalue weighted by Gasteiger charge is -2.03. The zero-order chi connectivity index (χ0) is 14.4. The molecule has 0 aromatic carbocycles. The highest BCUT2D eigenvalue weighted by atomic mass is 32.1. The number of hydrogen-bond acceptors (Lipinski definition) is 7. The molecule has 19 heavy (non-hydrogen) atoms. The Kier molecular flexibility index (Phi) is 4.94. The number of nitro groups is 1. The first-order valence-electron chi connectivity index (χ1n) is 4.87. The summed E-state index contributed by atoms with van der Waals surface area (Å²) in [5.74, 6) is -1.68. The van der Waals surface area contributed by atoms with Crippen molar-refractivity contribution < 1.29 is 24.0 Å². The van der Waals surface area contributed by atoms with Crippen LogP contribution in [0.1, 0.15) is 9.67 Å². The minimum Gasteiger partial charge on any atom is -0.451 e. The maximum absolute atomic E-state index is 11.4. The third-order valence-corrected chi connectivity index (χ3v) is 2.80. The van der Waals surface area contributed by atoms with Crippen molar-refractivity contribution in [2.24, 2.45) is 0 Å². The van der Waals surface area contributed by atoms with E-state index in [0.717, 1.165) is 6.07 Å². The summed E-state index contributed by atoms with van der Waals surface area (Å²) < 4.78 is 4.59. The molecule has 0 aliphatic rings. The summed E-state index contributed by atoms with van der Waals surface area (Å²) in [5, 5.41) is 14.2. The Morgan fingerprint density at radius 1 is 1.42 bits per heavy atom. The van der Waals surface area contributed by atoms with E-state index in [0.29, 0.717) is 11.3 Å². The van der Waals surface area contributed by atoms with E-state index in [1.807, 2.05) is 5.32 Å². The molecule has 1 heterocycles. The maximum Gasteiger partial charge on any atom is 0.349 e. The molecule has 9 nitrogen and oxygen atoms in total. The zero-order valence-electron chi connectivity index (χ0n) is 9.67. The summed E-state index contributed by atoms with van der Waals surface area (Å²) >= 11 is 0.635. The van der Waals surface area contributed by atoms with E-state index in [-0.39, 0.29) is 9.88 Å². The van der Waals surface area contributed by atoms with Gasteiger partial charge in [-0.1, -0.05) is 11.3 Å². The lowest BCUT2D eigenvalue weighted by Crippen LogP contribution is -2.39. The van der Waals surface area contributed by atoms with Gasteiger partial charge in [-0.2, -0.15) is 0 Å². The Bertz CT molecular complexity index is 526. The highest BCUT2D eigenvalue weighted by Gasteiger charge is 2.17. The summed E-state index contributed by atoms with van der Waals surface area (Å²) in [6.45, 7) is -0.655. The van der Waals surface area contributed by atoms with Crippen molar-refractivity contribution in [3.63, 3.8) is 0 Å². The molecule has 0 unspecified atom stereocenters. The SMILES string of the molecule is CNC(=O)NC(=O)COC(=O)c1ccc([N+](=O)[O-])s1. The van der Waals surface area contributed by atoms with Crippen molar-refractivity contribution in [1.29, 1.82) is 0 Å². The molecule has 0 aliphatic carbocycles. The minimum absolute atomic E-state index is 0.000516. The van der Waals surface area contributed by atoms with Crippen LogP contribution in [0, 0.1) is 10.1 Å². The van der Waals surface area contributed by atoms with Crippen molar-refractivity contribution in [3.8, 4) is 0 Å². The Morgan fingerprint density at radius 2 is 2.11 bits per heavy atom. The highest BCUT2D eigenvalue weighted by Crippen LogP contribution is 2.24. The number of carbonyl (C=O) groups excluding carboxylic acids is 3. The van der Waals surface area contributed by atoms with E-state index >= 15 is 0 Å². The van der Waals surface area contributed by atoms with Gasteiger partial charge < -0.3 is 10.1 Å². The van der Waals surface area contributed by atoms with Crippen molar-refractivity contribution >= 4 is 34.2 Å². The fourth-order valence-corrected chi connectivity index (χ4v) is 1.68. The molecular weight excluding hydrogens is 278 g/mol. The molecule has 0 spiro atoms. The number of carbonyl (C=O) groups is 3. The van der Waals surface area contributed by atoms with Gasteiger partial charge in [0, 0.05) is 13.1 Å². The van der Waals surface area contributed by atoms with Crippen LogP contribution in [0.4, 0.5) is 9.80 Å². The standard InChI is InChI=1S/C9H9N3O6S/c1-10-9(15)11-6(13)4-18-8(14)5-2-3-7(19-5)12(16)17/h2-3H,4H2,1H3,(H2,10,11,13,15). The minimum atomic E-state index is -0.870. The molecule has 0 aliphatic heterocycles. The molecule has 0 fully saturated rings. The molecule has 0 saturated heterocycles. The highest BCUT2D eigenvalue weighted by molar-refractivity contribution is 7.17. The summed E-state index contributed by atoms with van der Waals surface area (Å²) in [6, 6.07) is 1.65. The van der Waals surface area contributed by atoms with Crippen LogP contribution >= 0.6 is 11.3 Å². The van der Waals surface area contributed by atoms with Crippen LogP contribution in [0.5, 0.6) is 0 Å². The average Bonchev–Trinajstić information content (AvgIpc) is 2.85. The number of esters is 1. The van der Waals surface area contributed by atoms with Crippen LogP contribution in [-0.4, -0.2) is 36.5 Å². The van der Waals surface area contributed by atoms with Crippen LogP contribution < -0.4 is 10.6 Å².